The average Bonchev–Trinajstić information content (AvgIpc) is 3.32. The number of ether oxygens (including phenoxy) is 1. The minimum absolute atomic E-state index is 0.00118. The summed E-state index contributed by atoms with van der Waals surface area (Å²) in [4.78, 5) is 20.5. The molecule has 7 nitrogen and oxygen atoms in total. The molecule has 0 bridgehead atoms. The largest absolute Gasteiger partial charge is 0.477 e. The van der Waals surface area contributed by atoms with E-state index in [1.165, 1.54) is 6.20 Å². The number of nitrogens with zero attached hydrogens (tertiary/aromatic N) is 4. The predicted molar refractivity (Wildman–Crippen MR) is 135 cm³/mol. The Balaban J connectivity index is 1.55. The monoisotopic (exact) mass is 504 g/mol. The van der Waals surface area contributed by atoms with Crippen LogP contribution in [-0.2, 0) is 0 Å². The van der Waals surface area contributed by atoms with Gasteiger partial charge in [-0.2, -0.15) is 10.1 Å². The molecule has 0 fully saturated rings. The highest BCUT2D eigenvalue weighted by molar-refractivity contribution is 6.31. The van der Waals surface area contributed by atoms with E-state index >= 15 is 0 Å². The number of aromatic carboxylic acids is 1. The fourth-order valence-electron chi connectivity index (χ4n) is 3.82. The molecule has 0 saturated heterocycles. The van der Waals surface area contributed by atoms with Gasteiger partial charge in [0.2, 0.25) is 0 Å². The maximum Gasteiger partial charge on any atom is 0.341 e. The molecule has 174 valence electrons. The number of benzene rings is 3. The van der Waals surface area contributed by atoms with Gasteiger partial charge in [0.25, 0.3) is 0 Å². The van der Waals surface area contributed by atoms with Crippen LogP contribution in [0.4, 0.5) is 5.82 Å². The number of aromatic nitrogens is 2. The molecular weight excluding hydrogens is 487 g/mol. The molecule has 5 rings (SSSR count). The molecule has 4 aromatic rings. The SMILES string of the molecule is O=C(O)c1cnc(Oc2ccc(Cl)cc2)nc1N1CC(c2ccccc2)C(c2ccc(Cl)cc2)=N1. The number of hydrazone groups is 1. The number of carbonyl (C=O) groups is 1. The van der Waals surface area contributed by atoms with Crippen LogP contribution in [0.25, 0.3) is 0 Å². The number of carboxylic acid groups (broad SMARTS) is 1. The first-order valence-corrected chi connectivity index (χ1v) is 11.4. The minimum Gasteiger partial charge on any atom is -0.477 e. The van der Waals surface area contributed by atoms with Crippen LogP contribution in [0.1, 0.15) is 27.4 Å². The second-order valence-corrected chi connectivity index (χ2v) is 8.66. The third kappa shape index (κ3) is 4.96. The van der Waals surface area contributed by atoms with E-state index in [-0.39, 0.29) is 23.3 Å². The fraction of sp³-hybridized carbons (Fsp3) is 0.0769. The summed E-state index contributed by atoms with van der Waals surface area (Å²) in [7, 11) is 0. The van der Waals surface area contributed by atoms with Gasteiger partial charge in [-0.1, -0.05) is 65.7 Å². The number of hydrogen-bond acceptors (Lipinski definition) is 6. The summed E-state index contributed by atoms with van der Waals surface area (Å²) in [5, 5.41) is 17.4. The Hall–Kier alpha value is -3.94. The molecule has 3 aromatic carbocycles. The summed E-state index contributed by atoms with van der Waals surface area (Å²) in [5.41, 5.74) is 2.63. The zero-order valence-corrected chi connectivity index (χ0v) is 19.7. The molecule has 0 radical (unpaired) electrons. The Morgan fingerprint density at radius 3 is 2.26 bits per heavy atom. The summed E-state index contributed by atoms with van der Waals surface area (Å²) in [6.45, 7) is 0.389. The van der Waals surface area contributed by atoms with Gasteiger partial charge >= 0.3 is 12.0 Å². The molecule has 1 atom stereocenters. The van der Waals surface area contributed by atoms with E-state index in [0.717, 1.165) is 16.8 Å². The van der Waals surface area contributed by atoms with Gasteiger partial charge in [-0.05, 0) is 47.5 Å². The van der Waals surface area contributed by atoms with Crippen LogP contribution in [-0.4, -0.2) is 33.3 Å². The molecule has 0 aliphatic carbocycles. The van der Waals surface area contributed by atoms with Crippen molar-refractivity contribution in [2.75, 3.05) is 11.6 Å². The Morgan fingerprint density at radius 2 is 1.60 bits per heavy atom. The lowest BCUT2D eigenvalue weighted by Gasteiger charge is -2.17. The van der Waals surface area contributed by atoms with Crippen LogP contribution in [0.5, 0.6) is 11.8 Å². The van der Waals surface area contributed by atoms with E-state index in [9.17, 15) is 9.90 Å². The van der Waals surface area contributed by atoms with Crippen LogP contribution >= 0.6 is 23.2 Å². The van der Waals surface area contributed by atoms with E-state index < -0.39 is 5.97 Å². The molecule has 0 amide bonds. The summed E-state index contributed by atoms with van der Waals surface area (Å²) in [5.74, 6) is -0.669. The van der Waals surface area contributed by atoms with E-state index in [2.05, 4.69) is 9.97 Å². The lowest BCUT2D eigenvalue weighted by molar-refractivity contribution is 0.0696. The van der Waals surface area contributed by atoms with Crippen LogP contribution < -0.4 is 9.75 Å². The van der Waals surface area contributed by atoms with Crippen LogP contribution in [0.2, 0.25) is 10.0 Å². The third-order valence-corrected chi connectivity index (χ3v) is 6.00. The second-order valence-electron chi connectivity index (χ2n) is 7.79. The van der Waals surface area contributed by atoms with Gasteiger partial charge in [0.05, 0.1) is 18.5 Å². The van der Waals surface area contributed by atoms with Gasteiger partial charge < -0.3 is 9.84 Å². The molecular formula is C26H18Cl2N4O3. The van der Waals surface area contributed by atoms with Crippen molar-refractivity contribution in [1.82, 2.24) is 9.97 Å². The standard InChI is InChI=1S/C26H18Cl2N4O3/c27-18-8-6-17(7-9-18)23-22(16-4-2-1-3-5-16)15-32(31-23)24-21(25(33)34)14-29-26(30-24)35-20-12-10-19(28)11-13-20/h1-14,22H,15H2,(H,33,34). The van der Waals surface area contributed by atoms with Crippen molar-refractivity contribution in [2.24, 2.45) is 5.10 Å². The fourth-order valence-corrected chi connectivity index (χ4v) is 4.08. The quantitative estimate of drug-likeness (QED) is 0.332. The van der Waals surface area contributed by atoms with Crippen LogP contribution in [0.15, 0.2) is 90.2 Å². The first kappa shape index (κ1) is 22.8. The topological polar surface area (TPSA) is 87.9 Å². The van der Waals surface area contributed by atoms with Crippen molar-refractivity contribution in [2.45, 2.75) is 5.92 Å². The smallest absolute Gasteiger partial charge is 0.341 e. The maximum atomic E-state index is 12.0. The number of hydrogen-bond donors (Lipinski definition) is 1. The Morgan fingerprint density at radius 1 is 0.943 bits per heavy atom. The molecule has 9 heteroatoms. The highest BCUT2D eigenvalue weighted by Crippen LogP contribution is 2.34. The molecule has 1 N–H and O–H groups in total. The maximum absolute atomic E-state index is 12.0. The first-order chi connectivity index (χ1) is 17.0. The third-order valence-electron chi connectivity index (χ3n) is 5.50. The molecule has 35 heavy (non-hydrogen) atoms. The van der Waals surface area contributed by atoms with Gasteiger partial charge in [0.15, 0.2) is 5.82 Å². The highest BCUT2D eigenvalue weighted by atomic mass is 35.5. The number of anilines is 1. The molecule has 1 aromatic heterocycles. The highest BCUT2D eigenvalue weighted by Gasteiger charge is 2.33. The normalized spacial score (nSPS) is 15.1. The van der Waals surface area contributed by atoms with Crippen molar-refractivity contribution in [3.63, 3.8) is 0 Å². The Bertz CT molecular complexity index is 1390. The van der Waals surface area contributed by atoms with E-state index in [4.69, 9.17) is 33.0 Å². The minimum atomic E-state index is -1.16. The van der Waals surface area contributed by atoms with Crippen molar-refractivity contribution < 1.29 is 14.6 Å². The van der Waals surface area contributed by atoms with Crippen molar-refractivity contribution in [1.29, 1.82) is 0 Å². The molecule has 1 aliphatic heterocycles. The Kier molecular flexibility index (Phi) is 6.35. The first-order valence-electron chi connectivity index (χ1n) is 10.7. The molecule has 1 unspecified atom stereocenters. The molecule has 0 saturated carbocycles. The van der Waals surface area contributed by atoms with Gasteiger partial charge in [-0.15, -0.1) is 0 Å². The Labute approximate surface area is 211 Å². The number of carboxylic acids is 1. The zero-order valence-electron chi connectivity index (χ0n) is 18.2. The van der Waals surface area contributed by atoms with Crippen molar-refractivity contribution in [3.05, 3.63) is 112 Å². The summed E-state index contributed by atoms with van der Waals surface area (Å²) >= 11 is 12.0. The van der Waals surface area contributed by atoms with Gasteiger partial charge in [-0.3, -0.25) is 0 Å². The molecule has 0 spiro atoms. The van der Waals surface area contributed by atoms with Gasteiger partial charge in [0, 0.05) is 16.0 Å². The van der Waals surface area contributed by atoms with Crippen LogP contribution in [0.3, 0.4) is 0 Å². The predicted octanol–water partition coefficient (Wildman–Crippen LogP) is 6.28. The lowest BCUT2D eigenvalue weighted by atomic mass is 9.91. The summed E-state index contributed by atoms with van der Waals surface area (Å²) in [6.07, 6.45) is 1.23. The van der Waals surface area contributed by atoms with Gasteiger partial charge in [-0.25, -0.2) is 14.8 Å². The number of rotatable bonds is 6. The average molecular weight is 505 g/mol. The number of halogens is 2. The van der Waals surface area contributed by atoms with Gasteiger partial charge in [0.1, 0.15) is 11.3 Å². The zero-order chi connectivity index (χ0) is 24.4. The van der Waals surface area contributed by atoms with E-state index in [1.54, 1.807) is 41.4 Å². The van der Waals surface area contributed by atoms with E-state index in [0.29, 0.717) is 22.3 Å². The molecule has 2 heterocycles. The van der Waals surface area contributed by atoms with E-state index in [1.807, 2.05) is 42.5 Å². The summed E-state index contributed by atoms with van der Waals surface area (Å²) < 4.78 is 5.74. The van der Waals surface area contributed by atoms with Crippen molar-refractivity contribution in [3.8, 4) is 11.8 Å². The lowest BCUT2D eigenvalue weighted by Crippen LogP contribution is -2.21. The van der Waals surface area contributed by atoms with Crippen molar-refractivity contribution >= 4 is 40.7 Å². The molecule has 1 aliphatic rings. The second kappa shape index (κ2) is 9.74. The van der Waals surface area contributed by atoms with Crippen LogP contribution in [0, 0.1) is 0 Å². The summed E-state index contributed by atoms with van der Waals surface area (Å²) in [6, 6.07) is 24.0.